The molecule has 1 unspecified atom stereocenters. The van der Waals surface area contributed by atoms with Gasteiger partial charge in [-0.2, -0.15) is 0 Å². The van der Waals surface area contributed by atoms with Crippen LogP contribution in [0.5, 0.6) is 0 Å². The highest BCUT2D eigenvalue weighted by molar-refractivity contribution is 7.18. The molecule has 2 heterocycles. The topological polar surface area (TPSA) is 33.2 Å². The van der Waals surface area contributed by atoms with Crippen LogP contribution in [0.15, 0.2) is 24.3 Å². The van der Waals surface area contributed by atoms with E-state index in [1.165, 1.54) is 17.5 Å². The van der Waals surface area contributed by atoms with E-state index >= 15 is 0 Å². The molecule has 1 aromatic carbocycles. The zero-order valence-corrected chi connectivity index (χ0v) is 11.9. The number of piperidine rings is 1. The van der Waals surface area contributed by atoms with Crippen LogP contribution in [0.25, 0.3) is 10.2 Å². The maximum Gasteiger partial charge on any atom is 0.146 e. The highest BCUT2D eigenvalue weighted by Crippen LogP contribution is 2.25. The number of rotatable bonds is 3. The Labute approximate surface area is 117 Å². The van der Waals surface area contributed by atoms with Crippen LogP contribution < -0.4 is 0 Å². The lowest BCUT2D eigenvalue weighted by molar-refractivity contribution is -0.123. The molecule has 3 nitrogen and oxygen atoms in total. The van der Waals surface area contributed by atoms with E-state index in [1.54, 1.807) is 18.3 Å². The minimum Gasteiger partial charge on any atom is -0.298 e. The lowest BCUT2D eigenvalue weighted by Gasteiger charge is -2.33. The summed E-state index contributed by atoms with van der Waals surface area (Å²) in [5.74, 6) is 0.292. The first-order valence-corrected chi connectivity index (χ1v) is 7.64. The van der Waals surface area contributed by atoms with E-state index in [0.717, 1.165) is 30.0 Å². The van der Waals surface area contributed by atoms with Gasteiger partial charge in [0.25, 0.3) is 0 Å². The van der Waals surface area contributed by atoms with Crippen LogP contribution in [0, 0.1) is 0 Å². The van der Waals surface area contributed by atoms with Crippen molar-refractivity contribution in [2.24, 2.45) is 0 Å². The second kappa shape index (κ2) is 5.39. The summed E-state index contributed by atoms with van der Waals surface area (Å²) < 4.78 is 1.23. The van der Waals surface area contributed by atoms with Gasteiger partial charge in [-0.3, -0.25) is 9.69 Å². The molecule has 0 saturated carbocycles. The molecule has 0 spiro atoms. The first-order valence-electron chi connectivity index (χ1n) is 6.83. The summed E-state index contributed by atoms with van der Waals surface area (Å²) in [6.07, 6.45) is 3.36. The van der Waals surface area contributed by atoms with Gasteiger partial charge in [0.15, 0.2) is 0 Å². The number of carbonyl (C=O) groups excluding carboxylic acids is 1. The second-order valence-corrected chi connectivity index (χ2v) is 6.28. The highest BCUT2D eigenvalue weighted by Gasteiger charge is 2.26. The number of ketones is 1. The first-order chi connectivity index (χ1) is 9.24. The minimum atomic E-state index is 0.0979. The van der Waals surface area contributed by atoms with Gasteiger partial charge in [0, 0.05) is 0 Å². The molecule has 0 radical (unpaired) electrons. The number of aromatic nitrogens is 1. The van der Waals surface area contributed by atoms with Crippen molar-refractivity contribution in [1.29, 1.82) is 0 Å². The molecule has 0 N–H and O–H groups in total. The Bertz CT molecular complexity index is 560. The van der Waals surface area contributed by atoms with Gasteiger partial charge in [0.2, 0.25) is 0 Å². The molecule has 100 valence electrons. The molecule has 1 aliphatic heterocycles. The van der Waals surface area contributed by atoms with Crippen molar-refractivity contribution < 1.29 is 4.79 Å². The first kappa shape index (κ1) is 12.8. The molecular formula is C15H18N2OS. The number of nitrogens with zero attached hydrogens (tertiary/aromatic N) is 2. The molecule has 0 aliphatic carbocycles. The third-order valence-electron chi connectivity index (χ3n) is 3.76. The van der Waals surface area contributed by atoms with E-state index in [9.17, 15) is 4.79 Å². The van der Waals surface area contributed by atoms with Gasteiger partial charge < -0.3 is 0 Å². The number of Topliss-reactive ketones (excluding diaryl/α,β-unsaturated/α-hetero) is 1. The van der Waals surface area contributed by atoms with Gasteiger partial charge in [0.1, 0.15) is 10.8 Å². The van der Waals surface area contributed by atoms with Gasteiger partial charge in [0.05, 0.1) is 22.8 Å². The Hall–Kier alpha value is -1.26. The molecule has 3 rings (SSSR count). The van der Waals surface area contributed by atoms with E-state index in [0.29, 0.717) is 5.78 Å². The second-order valence-electron chi connectivity index (χ2n) is 5.17. The number of benzene rings is 1. The molecule has 2 aromatic rings. The standard InChI is InChI=1S/C15H18N2OS/c1-11(18)13-7-4-5-9-17(13)10-15-16-12-6-2-3-8-14(12)19-15/h2-3,6,8,13H,4-5,7,9-10H2,1H3. The Morgan fingerprint density at radius 2 is 2.26 bits per heavy atom. The van der Waals surface area contributed by atoms with E-state index in [4.69, 9.17) is 0 Å². The van der Waals surface area contributed by atoms with Crippen molar-refractivity contribution in [1.82, 2.24) is 9.88 Å². The SMILES string of the molecule is CC(=O)C1CCCCN1Cc1nc2ccccc2s1. The van der Waals surface area contributed by atoms with Crippen LogP contribution in [0.1, 0.15) is 31.2 Å². The average Bonchev–Trinajstić information content (AvgIpc) is 2.81. The molecule has 0 amide bonds. The van der Waals surface area contributed by atoms with Gasteiger partial charge in [-0.25, -0.2) is 4.98 Å². The Morgan fingerprint density at radius 3 is 3.05 bits per heavy atom. The fraction of sp³-hybridized carbons (Fsp3) is 0.467. The monoisotopic (exact) mass is 274 g/mol. The Morgan fingerprint density at radius 1 is 1.42 bits per heavy atom. The minimum absolute atomic E-state index is 0.0979. The number of para-hydroxylation sites is 1. The lowest BCUT2D eigenvalue weighted by Crippen LogP contribution is -2.43. The van der Waals surface area contributed by atoms with Crippen LogP contribution in [0.2, 0.25) is 0 Å². The molecule has 4 heteroatoms. The lowest BCUT2D eigenvalue weighted by atomic mass is 9.99. The van der Waals surface area contributed by atoms with Crippen LogP contribution in [-0.4, -0.2) is 28.3 Å². The summed E-state index contributed by atoms with van der Waals surface area (Å²) in [7, 11) is 0. The number of hydrogen-bond donors (Lipinski definition) is 0. The molecule has 1 fully saturated rings. The maximum atomic E-state index is 11.7. The maximum absolute atomic E-state index is 11.7. The van der Waals surface area contributed by atoms with Crippen molar-refractivity contribution in [3.8, 4) is 0 Å². The average molecular weight is 274 g/mol. The molecular weight excluding hydrogens is 256 g/mol. The van der Waals surface area contributed by atoms with Gasteiger partial charge in [-0.1, -0.05) is 18.6 Å². The van der Waals surface area contributed by atoms with Crippen LogP contribution in [0.3, 0.4) is 0 Å². The molecule has 1 atom stereocenters. The smallest absolute Gasteiger partial charge is 0.146 e. The molecule has 1 saturated heterocycles. The number of likely N-dealkylation sites (tertiary alicyclic amines) is 1. The number of hydrogen-bond acceptors (Lipinski definition) is 4. The van der Waals surface area contributed by atoms with Crippen LogP contribution in [0.4, 0.5) is 0 Å². The molecule has 0 bridgehead atoms. The van der Waals surface area contributed by atoms with Gasteiger partial charge in [-0.15, -0.1) is 11.3 Å². The van der Waals surface area contributed by atoms with E-state index < -0.39 is 0 Å². The summed E-state index contributed by atoms with van der Waals surface area (Å²) in [4.78, 5) is 18.7. The third-order valence-corrected chi connectivity index (χ3v) is 4.78. The van der Waals surface area contributed by atoms with Crippen molar-refractivity contribution in [2.75, 3.05) is 6.54 Å². The van der Waals surface area contributed by atoms with E-state index in [-0.39, 0.29) is 6.04 Å². The zero-order valence-electron chi connectivity index (χ0n) is 11.1. The predicted octanol–water partition coefficient (Wildman–Crippen LogP) is 3.24. The van der Waals surface area contributed by atoms with Gasteiger partial charge in [-0.05, 0) is 38.4 Å². The quantitative estimate of drug-likeness (QED) is 0.861. The van der Waals surface area contributed by atoms with E-state index in [1.807, 2.05) is 18.2 Å². The summed E-state index contributed by atoms with van der Waals surface area (Å²) in [6.45, 7) is 3.53. The largest absolute Gasteiger partial charge is 0.298 e. The summed E-state index contributed by atoms with van der Waals surface area (Å²) >= 11 is 1.74. The molecule has 19 heavy (non-hydrogen) atoms. The van der Waals surface area contributed by atoms with Crippen molar-refractivity contribution >= 4 is 27.3 Å². The van der Waals surface area contributed by atoms with Crippen molar-refractivity contribution in [3.63, 3.8) is 0 Å². The zero-order chi connectivity index (χ0) is 13.2. The fourth-order valence-corrected chi connectivity index (χ4v) is 3.79. The summed E-state index contributed by atoms with van der Waals surface area (Å²) in [6, 6.07) is 8.32. The fourth-order valence-electron chi connectivity index (χ4n) is 2.80. The third kappa shape index (κ3) is 2.69. The van der Waals surface area contributed by atoms with Crippen LogP contribution >= 0.6 is 11.3 Å². The summed E-state index contributed by atoms with van der Waals surface area (Å²) in [5.41, 5.74) is 1.07. The molecule has 1 aromatic heterocycles. The Balaban J connectivity index is 1.80. The molecule has 1 aliphatic rings. The summed E-state index contributed by atoms with van der Waals surface area (Å²) in [5, 5.41) is 1.12. The van der Waals surface area contributed by atoms with Crippen LogP contribution in [-0.2, 0) is 11.3 Å². The normalized spacial score (nSPS) is 20.8. The number of fused-ring (bicyclic) bond motifs is 1. The van der Waals surface area contributed by atoms with E-state index in [2.05, 4.69) is 16.0 Å². The number of thiazole rings is 1. The Kier molecular flexibility index (Phi) is 3.62. The predicted molar refractivity (Wildman–Crippen MR) is 78.4 cm³/mol. The van der Waals surface area contributed by atoms with Crippen molar-refractivity contribution in [3.05, 3.63) is 29.3 Å². The van der Waals surface area contributed by atoms with Crippen molar-refractivity contribution in [2.45, 2.75) is 38.8 Å². The van der Waals surface area contributed by atoms with Gasteiger partial charge >= 0.3 is 0 Å². The number of carbonyl (C=O) groups is 1. The highest BCUT2D eigenvalue weighted by atomic mass is 32.1.